The predicted molar refractivity (Wildman–Crippen MR) is 88.7 cm³/mol. The van der Waals surface area contributed by atoms with Crippen LogP contribution in [0.1, 0.15) is 12.0 Å². The van der Waals surface area contributed by atoms with Gasteiger partial charge in [-0.25, -0.2) is 0 Å². The first-order valence-corrected chi connectivity index (χ1v) is 7.44. The molecule has 5 nitrogen and oxygen atoms in total. The zero-order valence-corrected chi connectivity index (χ0v) is 13.1. The standard InChI is InChI=1S/C18H18N2O3/c1-12-8-9-15-14(10-12)19-18(22)16(23-15)11-17(21)20(2)13-6-4-3-5-7-13/h3-10,16H,11H2,1-2H3,(H,19,22). The van der Waals surface area contributed by atoms with E-state index < -0.39 is 6.10 Å². The minimum absolute atomic E-state index is 0.00938. The maximum atomic E-state index is 12.4. The molecule has 0 fully saturated rings. The third-order valence-corrected chi connectivity index (χ3v) is 3.83. The quantitative estimate of drug-likeness (QED) is 0.948. The van der Waals surface area contributed by atoms with Gasteiger partial charge in [0.2, 0.25) is 5.91 Å². The fourth-order valence-corrected chi connectivity index (χ4v) is 2.49. The van der Waals surface area contributed by atoms with Gasteiger partial charge in [-0.05, 0) is 36.8 Å². The third-order valence-electron chi connectivity index (χ3n) is 3.83. The number of hydrogen-bond acceptors (Lipinski definition) is 3. The van der Waals surface area contributed by atoms with E-state index in [-0.39, 0.29) is 18.2 Å². The average Bonchev–Trinajstić information content (AvgIpc) is 2.55. The van der Waals surface area contributed by atoms with Crippen molar-refractivity contribution in [1.82, 2.24) is 0 Å². The number of anilines is 2. The molecule has 0 aromatic heterocycles. The predicted octanol–water partition coefficient (Wildman–Crippen LogP) is 2.75. The zero-order chi connectivity index (χ0) is 16.4. The summed E-state index contributed by atoms with van der Waals surface area (Å²) in [5, 5.41) is 2.80. The molecule has 0 spiro atoms. The summed E-state index contributed by atoms with van der Waals surface area (Å²) >= 11 is 0. The molecule has 1 unspecified atom stereocenters. The van der Waals surface area contributed by atoms with Gasteiger partial charge in [0, 0.05) is 12.7 Å². The third kappa shape index (κ3) is 3.18. The molecule has 23 heavy (non-hydrogen) atoms. The Kier molecular flexibility index (Phi) is 4.02. The second-order valence-corrected chi connectivity index (χ2v) is 5.59. The van der Waals surface area contributed by atoms with Gasteiger partial charge in [-0.1, -0.05) is 24.3 Å². The molecule has 1 aliphatic heterocycles. The number of carbonyl (C=O) groups excluding carboxylic acids is 2. The largest absolute Gasteiger partial charge is 0.478 e. The molecular weight excluding hydrogens is 292 g/mol. The highest BCUT2D eigenvalue weighted by Crippen LogP contribution is 2.31. The molecule has 0 saturated carbocycles. The van der Waals surface area contributed by atoms with Crippen LogP contribution in [0.3, 0.4) is 0 Å². The van der Waals surface area contributed by atoms with E-state index in [9.17, 15) is 9.59 Å². The van der Waals surface area contributed by atoms with Crippen molar-refractivity contribution >= 4 is 23.2 Å². The summed E-state index contributed by atoms with van der Waals surface area (Å²) in [4.78, 5) is 26.1. The lowest BCUT2D eigenvalue weighted by atomic mass is 10.1. The summed E-state index contributed by atoms with van der Waals surface area (Å²) in [5.41, 5.74) is 2.46. The van der Waals surface area contributed by atoms with Crippen LogP contribution < -0.4 is 15.0 Å². The Balaban J connectivity index is 1.72. The van der Waals surface area contributed by atoms with Crippen LogP contribution in [0, 0.1) is 6.92 Å². The monoisotopic (exact) mass is 310 g/mol. The number of para-hydroxylation sites is 1. The van der Waals surface area contributed by atoms with Gasteiger partial charge in [0.25, 0.3) is 5.91 Å². The van der Waals surface area contributed by atoms with Crippen molar-refractivity contribution in [3.63, 3.8) is 0 Å². The van der Waals surface area contributed by atoms with Crippen molar-refractivity contribution < 1.29 is 14.3 Å². The smallest absolute Gasteiger partial charge is 0.266 e. The highest BCUT2D eigenvalue weighted by Gasteiger charge is 2.30. The topological polar surface area (TPSA) is 58.6 Å². The number of amides is 2. The minimum Gasteiger partial charge on any atom is -0.478 e. The Morgan fingerprint density at radius 2 is 1.96 bits per heavy atom. The van der Waals surface area contributed by atoms with E-state index in [2.05, 4.69) is 5.32 Å². The molecule has 0 aliphatic carbocycles. The second kappa shape index (κ2) is 6.12. The van der Waals surface area contributed by atoms with Crippen LogP contribution >= 0.6 is 0 Å². The Labute approximate surface area is 134 Å². The fourth-order valence-electron chi connectivity index (χ4n) is 2.49. The normalized spacial score (nSPS) is 16.1. The SMILES string of the molecule is Cc1ccc2c(c1)NC(=O)C(CC(=O)N(C)c1ccccc1)O2. The summed E-state index contributed by atoms with van der Waals surface area (Å²) in [6.07, 6.45) is -0.825. The van der Waals surface area contributed by atoms with E-state index in [1.807, 2.05) is 55.5 Å². The lowest BCUT2D eigenvalue weighted by molar-refractivity contribution is -0.129. The summed E-state index contributed by atoms with van der Waals surface area (Å²) in [7, 11) is 1.69. The molecule has 2 amide bonds. The molecule has 1 heterocycles. The number of nitrogens with zero attached hydrogens (tertiary/aromatic N) is 1. The number of nitrogens with one attached hydrogen (secondary N) is 1. The van der Waals surface area contributed by atoms with Gasteiger partial charge in [-0.2, -0.15) is 0 Å². The zero-order valence-electron chi connectivity index (χ0n) is 13.1. The molecule has 0 saturated heterocycles. The first-order chi connectivity index (χ1) is 11.0. The Bertz CT molecular complexity index is 743. The summed E-state index contributed by atoms with van der Waals surface area (Å²) in [5.74, 6) is 0.125. The molecule has 2 aromatic carbocycles. The number of aryl methyl sites for hydroxylation is 1. The van der Waals surface area contributed by atoms with Crippen molar-refractivity contribution in [3.8, 4) is 5.75 Å². The molecule has 1 aliphatic rings. The lowest BCUT2D eigenvalue weighted by Gasteiger charge is -2.27. The molecule has 1 atom stereocenters. The van der Waals surface area contributed by atoms with Crippen molar-refractivity contribution in [2.75, 3.05) is 17.3 Å². The summed E-state index contributed by atoms with van der Waals surface area (Å²) in [6, 6.07) is 14.9. The lowest BCUT2D eigenvalue weighted by Crippen LogP contribution is -2.41. The van der Waals surface area contributed by atoms with Gasteiger partial charge in [0.05, 0.1) is 12.1 Å². The molecular formula is C18H18N2O3. The number of ether oxygens (including phenoxy) is 1. The molecule has 2 aromatic rings. The molecule has 3 rings (SSSR count). The van der Waals surface area contributed by atoms with Gasteiger partial charge in [-0.15, -0.1) is 0 Å². The van der Waals surface area contributed by atoms with E-state index in [1.54, 1.807) is 7.05 Å². The van der Waals surface area contributed by atoms with Crippen LogP contribution in [0.2, 0.25) is 0 Å². The maximum Gasteiger partial charge on any atom is 0.266 e. The first kappa shape index (κ1) is 15.1. The van der Waals surface area contributed by atoms with E-state index in [0.29, 0.717) is 11.4 Å². The number of fused-ring (bicyclic) bond motifs is 1. The fraction of sp³-hybridized carbons (Fsp3) is 0.222. The number of benzene rings is 2. The van der Waals surface area contributed by atoms with Crippen LogP contribution in [0.15, 0.2) is 48.5 Å². The van der Waals surface area contributed by atoms with Crippen LogP contribution in [0.4, 0.5) is 11.4 Å². The van der Waals surface area contributed by atoms with Crippen LogP contribution in [0.25, 0.3) is 0 Å². The van der Waals surface area contributed by atoms with E-state index in [4.69, 9.17) is 4.74 Å². The summed E-state index contributed by atoms with van der Waals surface area (Å²) < 4.78 is 5.70. The van der Waals surface area contributed by atoms with E-state index >= 15 is 0 Å². The van der Waals surface area contributed by atoms with Gasteiger partial charge in [-0.3, -0.25) is 9.59 Å². The number of rotatable bonds is 3. The van der Waals surface area contributed by atoms with Gasteiger partial charge < -0.3 is 15.0 Å². The van der Waals surface area contributed by atoms with Gasteiger partial charge >= 0.3 is 0 Å². The van der Waals surface area contributed by atoms with Crippen molar-refractivity contribution in [1.29, 1.82) is 0 Å². The summed E-state index contributed by atoms with van der Waals surface area (Å²) in [6.45, 7) is 1.94. The van der Waals surface area contributed by atoms with Crippen LogP contribution in [-0.2, 0) is 9.59 Å². The van der Waals surface area contributed by atoms with Crippen molar-refractivity contribution in [2.24, 2.45) is 0 Å². The minimum atomic E-state index is -0.816. The van der Waals surface area contributed by atoms with Crippen molar-refractivity contribution in [3.05, 3.63) is 54.1 Å². The Morgan fingerprint density at radius 1 is 1.22 bits per heavy atom. The molecule has 0 bridgehead atoms. The van der Waals surface area contributed by atoms with E-state index in [1.165, 1.54) is 4.90 Å². The maximum absolute atomic E-state index is 12.4. The number of hydrogen-bond donors (Lipinski definition) is 1. The van der Waals surface area contributed by atoms with Gasteiger partial charge in [0.15, 0.2) is 6.10 Å². The average molecular weight is 310 g/mol. The Hall–Kier alpha value is -2.82. The molecule has 5 heteroatoms. The Morgan fingerprint density at radius 3 is 2.70 bits per heavy atom. The second-order valence-electron chi connectivity index (χ2n) is 5.59. The van der Waals surface area contributed by atoms with Crippen LogP contribution in [-0.4, -0.2) is 25.0 Å². The highest BCUT2D eigenvalue weighted by atomic mass is 16.5. The van der Waals surface area contributed by atoms with Gasteiger partial charge in [0.1, 0.15) is 5.75 Å². The highest BCUT2D eigenvalue weighted by molar-refractivity contribution is 6.02. The molecule has 1 N–H and O–H groups in total. The molecule has 0 radical (unpaired) electrons. The van der Waals surface area contributed by atoms with Crippen molar-refractivity contribution in [2.45, 2.75) is 19.4 Å². The van der Waals surface area contributed by atoms with E-state index in [0.717, 1.165) is 11.3 Å². The first-order valence-electron chi connectivity index (χ1n) is 7.44. The number of carbonyl (C=O) groups is 2. The van der Waals surface area contributed by atoms with Crippen LogP contribution in [0.5, 0.6) is 5.75 Å². The molecule has 118 valence electrons.